The van der Waals surface area contributed by atoms with Gasteiger partial charge in [-0.3, -0.25) is 0 Å². The molecule has 0 atom stereocenters. The van der Waals surface area contributed by atoms with Gasteiger partial charge in [-0.25, -0.2) is 0 Å². The molecular weight excluding hydrogens is 393 g/mol. The summed E-state index contributed by atoms with van der Waals surface area (Å²) < 4.78 is 0. The van der Waals surface area contributed by atoms with E-state index in [1.165, 1.54) is 0 Å². The van der Waals surface area contributed by atoms with E-state index in [0.29, 0.717) is 0 Å². The molecule has 0 fully saturated rings. The maximum absolute atomic E-state index is 5.24. The maximum atomic E-state index is 5.24. The second-order valence-corrected chi connectivity index (χ2v) is 23.7. The standard InChI is InChI=1S/CHI3/c1-4(2)3/h1H. The predicted molar refractivity (Wildman–Crippen MR) is 46.4 cm³/mol. The van der Waals surface area contributed by atoms with Gasteiger partial charge in [-0.05, 0) is 0 Å². The van der Waals surface area contributed by atoms with Crippen LogP contribution in [0.2, 0.25) is 0 Å². The van der Waals surface area contributed by atoms with Gasteiger partial charge in [0.25, 0.3) is 0 Å². The summed E-state index contributed by atoms with van der Waals surface area (Å²) >= 11 is 3.71. The van der Waals surface area contributed by atoms with Gasteiger partial charge < -0.3 is 0 Å². The fourth-order valence-corrected chi connectivity index (χ4v) is 0. The second-order valence-electron chi connectivity index (χ2n) is 0.219. The molecule has 2 radical (unpaired) electrons. The van der Waals surface area contributed by atoms with E-state index in [1.807, 2.05) is 0 Å². The Morgan fingerprint density at radius 2 is 1.50 bits per heavy atom. The van der Waals surface area contributed by atoms with Crippen LogP contribution in [0.5, 0.6) is 0 Å². The Bertz CT molecular complexity index is 8.00. The Kier molecular flexibility index (Phi) is 5.23. The molecule has 4 heavy (non-hydrogen) atoms. The van der Waals surface area contributed by atoms with Crippen LogP contribution < -0.4 is 0 Å². The molecular formula is CHI3. The average molecular weight is 394 g/mol. The van der Waals surface area contributed by atoms with Crippen LogP contribution in [-0.4, -0.2) is 0 Å². The van der Waals surface area contributed by atoms with Crippen molar-refractivity contribution in [2.75, 3.05) is 0 Å². The van der Waals surface area contributed by atoms with Crippen LogP contribution in [0.4, 0.5) is 0 Å². The van der Waals surface area contributed by atoms with Crippen LogP contribution in [-0.2, 0) is 0 Å². The van der Waals surface area contributed by atoms with Gasteiger partial charge in [0.05, 0.1) is 0 Å². The molecule has 0 aliphatic rings. The zero-order valence-corrected chi connectivity index (χ0v) is 8.18. The number of rotatable bonds is 0. The Morgan fingerprint density at radius 1 is 1.50 bits per heavy atom. The first-order chi connectivity index (χ1) is 1.73. The molecule has 0 saturated heterocycles. The van der Waals surface area contributed by atoms with Crippen molar-refractivity contribution >= 4 is 49.1 Å². The van der Waals surface area contributed by atoms with Crippen molar-refractivity contribution in [2.24, 2.45) is 0 Å². The zero-order valence-electron chi connectivity index (χ0n) is 1.71. The Morgan fingerprint density at radius 3 is 1.50 bits per heavy atom. The zero-order chi connectivity index (χ0) is 3.58. The molecule has 0 N–H and O–H groups in total. The molecule has 0 unspecified atom stereocenters. The van der Waals surface area contributed by atoms with E-state index in [2.05, 4.69) is 37.2 Å². The normalized spacial score (nSPS) is 11.2. The van der Waals surface area contributed by atoms with Crippen molar-refractivity contribution in [3.63, 3.8) is 0 Å². The summed E-state index contributed by atoms with van der Waals surface area (Å²) in [4.78, 5) is 5.24. The van der Waals surface area contributed by atoms with Crippen molar-refractivity contribution in [3.8, 4) is 0 Å². The van der Waals surface area contributed by atoms with Gasteiger partial charge in [-0.1, -0.05) is 0 Å². The number of hydrogen-bond acceptors (Lipinski definition) is 0. The van der Waals surface area contributed by atoms with E-state index in [1.54, 1.807) is 0 Å². The van der Waals surface area contributed by atoms with Gasteiger partial charge in [-0.15, -0.1) is 0 Å². The van der Waals surface area contributed by atoms with Gasteiger partial charge >= 0.3 is 54.0 Å². The molecule has 0 nitrogen and oxygen atoms in total. The second kappa shape index (κ2) is 3.38. The van der Waals surface area contributed by atoms with E-state index >= 15 is 0 Å². The monoisotopic (exact) mass is 394 g/mol. The molecule has 0 aliphatic heterocycles. The topological polar surface area (TPSA) is 0 Å². The van der Waals surface area contributed by atoms with Crippen molar-refractivity contribution in [1.82, 2.24) is 0 Å². The van der Waals surface area contributed by atoms with Crippen molar-refractivity contribution < 1.29 is 0 Å². The van der Waals surface area contributed by atoms with E-state index in [-0.39, 0.29) is 0 Å². The van der Waals surface area contributed by atoms with E-state index in [4.69, 9.17) is 4.93 Å². The summed E-state index contributed by atoms with van der Waals surface area (Å²) in [5.41, 5.74) is 0. The Hall–Kier alpha value is 2.19. The SMILES string of the molecule is [CH]I(I)I. The summed E-state index contributed by atoms with van der Waals surface area (Å²) in [6, 6.07) is 0. The third-order valence-corrected chi connectivity index (χ3v) is 0. The number of hydrogen-bond donors (Lipinski definition) is 0. The molecule has 26 valence electrons. The minimum absolute atomic E-state index is 0.823. The minimum atomic E-state index is -0.823. The first-order valence-electron chi connectivity index (χ1n) is 0.504. The van der Waals surface area contributed by atoms with Crippen LogP contribution in [0.15, 0.2) is 0 Å². The predicted octanol–water partition coefficient (Wildman–Crippen LogP) is 2.86. The van der Waals surface area contributed by atoms with Crippen LogP contribution in [0.3, 0.4) is 0 Å². The number of halogens is 3. The third-order valence-electron chi connectivity index (χ3n) is 0. The van der Waals surface area contributed by atoms with Crippen molar-refractivity contribution in [2.45, 2.75) is 0 Å². The molecule has 0 bridgehead atoms. The molecule has 3 heteroatoms. The molecule has 0 aliphatic carbocycles. The Balaban J connectivity index is 2.32. The van der Waals surface area contributed by atoms with E-state index in [0.717, 1.165) is 0 Å². The van der Waals surface area contributed by atoms with E-state index in [9.17, 15) is 0 Å². The molecule has 0 aromatic heterocycles. The summed E-state index contributed by atoms with van der Waals surface area (Å²) in [5, 5.41) is 0. The van der Waals surface area contributed by atoms with E-state index < -0.39 is 11.9 Å². The first kappa shape index (κ1) is 6.19. The fourth-order valence-electron chi connectivity index (χ4n) is 0. The van der Waals surface area contributed by atoms with Crippen molar-refractivity contribution in [3.05, 3.63) is 4.93 Å². The van der Waals surface area contributed by atoms with Crippen molar-refractivity contribution in [1.29, 1.82) is 0 Å². The fraction of sp³-hybridized carbons (Fsp3) is 0. The summed E-state index contributed by atoms with van der Waals surface area (Å²) in [7, 11) is 0. The van der Waals surface area contributed by atoms with Crippen LogP contribution in [0.25, 0.3) is 0 Å². The summed E-state index contributed by atoms with van der Waals surface area (Å²) in [6.45, 7) is 0. The summed E-state index contributed by atoms with van der Waals surface area (Å²) in [6.07, 6.45) is 0. The van der Waals surface area contributed by atoms with Gasteiger partial charge in [0.15, 0.2) is 0 Å². The van der Waals surface area contributed by atoms with Gasteiger partial charge in [0.2, 0.25) is 0 Å². The molecule has 0 amide bonds. The molecule has 0 spiro atoms. The Labute approximate surface area is 52.8 Å². The van der Waals surface area contributed by atoms with Crippen LogP contribution in [0, 0.1) is 4.93 Å². The molecule has 0 aromatic carbocycles. The molecule has 0 aromatic rings. The van der Waals surface area contributed by atoms with Gasteiger partial charge in [0, 0.05) is 0 Å². The molecule has 0 saturated carbocycles. The summed E-state index contributed by atoms with van der Waals surface area (Å²) in [5.74, 6) is 0. The van der Waals surface area contributed by atoms with Crippen LogP contribution in [0.1, 0.15) is 0 Å². The van der Waals surface area contributed by atoms with Gasteiger partial charge in [-0.2, -0.15) is 0 Å². The first-order valence-corrected chi connectivity index (χ1v) is 14.3. The third kappa shape index (κ3) is 8.89. The quantitative estimate of drug-likeness (QED) is 0.555. The van der Waals surface area contributed by atoms with Crippen LogP contribution >= 0.6 is 49.1 Å². The average Bonchev–Trinajstić information content (AvgIpc) is 0.811. The molecule has 0 rings (SSSR count). The van der Waals surface area contributed by atoms with Gasteiger partial charge in [0.1, 0.15) is 0 Å². The molecule has 0 heterocycles.